The van der Waals surface area contributed by atoms with E-state index < -0.39 is 5.97 Å². The zero-order valence-corrected chi connectivity index (χ0v) is 17.9. The van der Waals surface area contributed by atoms with Gasteiger partial charge in [0.25, 0.3) is 0 Å². The fraction of sp³-hybridized carbons (Fsp3) is 0.364. The number of nitrogens with zero attached hydrogens (tertiary/aromatic N) is 1. The average Bonchev–Trinajstić information content (AvgIpc) is 3.23. The Labute approximate surface area is 174 Å². The summed E-state index contributed by atoms with van der Waals surface area (Å²) in [6.45, 7) is 8.02. The summed E-state index contributed by atoms with van der Waals surface area (Å²) >= 11 is 1.50. The van der Waals surface area contributed by atoms with E-state index in [9.17, 15) is 9.59 Å². The van der Waals surface area contributed by atoms with Gasteiger partial charge in [0.05, 0.1) is 12.2 Å². The first kappa shape index (κ1) is 20.9. The van der Waals surface area contributed by atoms with Crippen LogP contribution < -0.4 is 10.1 Å². The zero-order valence-electron chi connectivity index (χ0n) is 17.1. The van der Waals surface area contributed by atoms with Crippen molar-refractivity contribution in [1.29, 1.82) is 0 Å². The second-order valence-corrected chi connectivity index (χ2v) is 8.23. The van der Waals surface area contributed by atoms with Crippen LogP contribution in [-0.4, -0.2) is 28.7 Å². The van der Waals surface area contributed by atoms with Crippen LogP contribution in [0.4, 0.5) is 0 Å². The highest BCUT2D eigenvalue weighted by Crippen LogP contribution is 2.26. The number of esters is 1. The van der Waals surface area contributed by atoms with Crippen molar-refractivity contribution in [2.75, 3.05) is 0 Å². The van der Waals surface area contributed by atoms with Crippen molar-refractivity contribution >= 4 is 33.4 Å². The second kappa shape index (κ2) is 9.13. The first-order valence-electron chi connectivity index (χ1n) is 9.63. The third-order valence-corrected chi connectivity index (χ3v) is 5.09. The van der Waals surface area contributed by atoms with Gasteiger partial charge in [-0.1, -0.05) is 12.1 Å². The van der Waals surface area contributed by atoms with Gasteiger partial charge in [0.15, 0.2) is 0 Å². The van der Waals surface area contributed by atoms with Crippen molar-refractivity contribution in [2.45, 2.75) is 53.0 Å². The first-order chi connectivity index (χ1) is 13.8. The molecular weight excluding hydrogens is 388 g/mol. The van der Waals surface area contributed by atoms with E-state index in [-0.39, 0.29) is 24.7 Å². The minimum absolute atomic E-state index is 0.0566. The van der Waals surface area contributed by atoms with Gasteiger partial charge in [-0.05, 0) is 62.9 Å². The summed E-state index contributed by atoms with van der Waals surface area (Å²) in [7, 11) is 0. The molecule has 1 amide bonds. The predicted octanol–water partition coefficient (Wildman–Crippen LogP) is 4.37. The molecule has 1 aromatic carbocycles. The van der Waals surface area contributed by atoms with Gasteiger partial charge < -0.3 is 19.4 Å². The Morgan fingerprint density at radius 2 is 1.79 bits per heavy atom. The summed E-state index contributed by atoms with van der Waals surface area (Å²) in [5.41, 5.74) is 1.37. The number of carbonyl (C=O) groups is 2. The number of hydrogen-bond donors (Lipinski definition) is 1. The minimum atomic E-state index is -0.419. The maximum absolute atomic E-state index is 12.6. The van der Waals surface area contributed by atoms with Gasteiger partial charge in [-0.15, -0.1) is 11.3 Å². The van der Waals surface area contributed by atoms with Crippen LogP contribution in [0.3, 0.4) is 0 Å². The quantitative estimate of drug-likeness (QED) is 0.556. The first-order valence-corrected chi connectivity index (χ1v) is 10.5. The zero-order chi connectivity index (χ0) is 21.0. The molecule has 0 atom stereocenters. The molecule has 6 nitrogen and oxygen atoms in total. The second-order valence-electron chi connectivity index (χ2n) is 7.34. The number of nitrogens with one attached hydrogen (secondary N) is 1. The van der Waals surface area contributed by atoms with Crippen LogP contribution in [0.2, 0.25) is 0 Å². The lowest BCUT2D eigenvalue weighted by atomic mass is 10.2. The van der Waals surface area contributed by atoms with E-state index in [1.807, 2.05) is 49.6 Å². The van der Waals surface area contributed by atoms with Crippen LogP contribution in [0.1, 0.15) is 43.7 Å². The van der Waals surface area contributed by atoms with Crippen LogP contribution in [-0.2, 0) is 22.6 Å². The van der Waals surface area contributed by atoms with Gasteiger partial charge in [0.2, 0.25) is 5.91 Å². The number of aromatic nitrogens is 1. The maximum atomic E-state index is 12.6. The Hall–Kier alpha value is -2.80. The van der Waals surface area contributed by atoms with E-state index in [1.165, 1.54) is 11.3 Å². The molecule has 0 aliphatic heterocycles. The number of rotatable bonds is 8. The normalized spacial score (nSPS) is 11.2. The fourth-order valence-electron chi connectivity index (χ4n) is 2.93. The van der Waals surface area contributed by atoms with Crippen LogP contribution >= 0.6 is 11.3 Å². The van der Waals surface area contributed by atoms with Crippen molar-refractivity contribution in [3.05, 3.63) is 53.0 Å². The Balaban J connectivity index is 1.66. The predicted molar refractivity (Wildman–Crippen MR) is 114 cm³/mol. The van der Waals surface area contributed by atoms with Gasteiger partial charge in [0.1, 0.15) is 22.8 Å². The molecule has 0 aliphatic carbocycles. The van der Waals surface area contributed by atoms with E-state index >= 15 is 0 Å². The van der Waals surface area contributed by atoms with E-state index in [0.29, 0.717) is 12.2 Å². The molecule has 0 fully saturated rings. The Morgan fingerprint density at radius 3 is 2.45 bits per heavy atom. The Morgan fingerprint density at radius 1 is 1.07 bits per heavy atom. The third kappa shape index (κ3) is 5.38. The van der Waals surface area contributed by atoms with Gasteiger partial charge in [-0.25, -0.2) is 4.79 Å². The van der Waals surface area contributed by atoms with E-state index in [1.54, 1.807) is 24.5 Å². The third-order valence-electron chi connectivity index (χ3n) is 4.14. The number of amides is 1. The summed E-state index contributed by atoms with van der Waals surface area (Å²) in [6.07, 6.45) is -0.104. The highest BCUT2D eigenvalue weighted by Gasteiger charge is 2.20. The summed E-state index contributed by atoms with van der Waals surface area (Å²) in [5.74, 6) is 0.213. The largest absolute Gasteiger partial charge is 0.491 e. The molecular formula is C22H26N2O4S. The summed E-state index contributed by atoms with van der Waals surface area (Å²) in [4.78, 5) is 25.9. The lowest BCUT2D eigenvalue weighted by Crippen LogP contribution is -2.28. The van der Waals surface area contributed by atoms with Crippen LogP contribution in [0, 0.1) is 0 Å². The topological polar surface area (TPSA) is 69.6 Å². The number of carbonyl (C=O) groups excluding carboxylic acids is 2. The highest BCUT2D eigenvalue weighted by molar-refractivity contribution is 7.16. The number of fused-ring (bicyclic) bond motifs is 1. The van der Waals surface area contributed by atoms with Crippen LogP contribution in [0.5, 0.6) is 5.75 Å². The number of benzene rings is 1. The van der Waals surface area contributed by atoms with Crippen LogP contribution in [0.25, 0.3) is 10.2 Å². The van der Waals surface area contributed by atoms with Crippen molar-refractivity contribution in [3.63, 3.8) is 0 Å². The molecule has 7 heteroatoms. The lowest BCUT2D eigenvalue weighted by Gasteiger charge is -2.12. The highest BCUT2D eigenvalue weighted by atomic mass is 32.1. The molecule has 0 bridgehead atoms. The van der Waals surface area contributed by atoms with Gasteiger partial charge in [0, 0.05) is 11.9 Å². The summed E-state index contributed by atoms with van der Waals surface area (Å²) in [5, 5.41) is 5.78. The average molecular weight is 415 g/mol. The molecule has 0 saturated carbocycles. The molecule has 3 rings (SSSR count). The summed E-state index contributed by atoms with van der Waals surface area (Å²) < 4.78 is 12.7. The molecule has 1 N–H and O–H groups in total. The van der Waals surface area contributed by atoms with Crippen molar-refractivity contribution in [1.82, 2.24) is 9.88 Å². The van der Waals surface area contributed by atoms with Crippen molar-refractivity contribution in [2.24, 2.45) is 0 Å². The van der Waals surface area contributed by atoms with E-state index in [4.69, 9.17) is 9.47 Å². The lowest BCUT2D eigenvalue weighted by molar-refractivity contribution is -0.121. The maximum Gasteiger partial charge on any atom is 0.355 e. The monoisotopic (exact) mass is 414 g/mol. The molecule has 2 heterocycles. The standard InChI is InChI=1S/C22H26N2O4S/c1-14(2)27-18-7-5-16(6-8-18)12-23-20(25)13-24-19(22(26)28-15(3)4)11-17-9-10-29-21(17)24/h5-11,14-15H,12-13H2,1-4H3,(H,23,25). The Kier molecular flexibility index (Phi) is 6.59. The van der Waals surface area contributed by atoms with E-state index in [2.05, 4.69) is 5.32 Å². The van der Waals surface area contributed by atoms with Gasteiger partial charge in [-0.2, -0.15) is 0 Å². The molecule has 0 radical (unpaired) electrons. The van der Waals surface area contributed by atoms with Gasteiger partial charge in [-0.3, -0.25) is 4.79 Å². The van der Waals surface area contributed by atoms with Crippen molar-refractivity contribution in [3.8, 4) is 5.75 Å². The molecule has 0 saturated heterocycles. The van der Waals surface area contributed by atoms with E-state index in [0.717, 1.165) is 21.5 Å². The molecule has 0 unspecified atom stereocenters. The van der Waals surface area contributed by atoms with Crippen LogP contribution in [0.15, 0.2) is 41.8 Å². The number of hydrogen-bond acceptors (Lipinski definition) is 5. The molecule has 154 valence electrons. The Bertz CT molecular complexity index is 986. The molecule has 0 spiro atoms. The number of thiophene rings is 1. The fourth-order valence-corrected chi connectivity index (χ4v) is 3.83. The SMILES string of the molecule is CC(C)OC(=O)c1cc2ccsc2n1CC(=O)NCc1ccc(OC(C)C)cc1. The summed E-state index contributed by atoms with van der Waals surface area (Å²) in [6, 6.07) is 11.3. The molecule has 0 aliphatic rings. The number of ether oxygens (including phenoxy) is 2. The molecule has 29 heavy (non-hydrogen) atoms. The smallest absolute Gasteiger partial charge is 0.355 e. The molecule has 3 aromatic rings. The van der Waals surface area contributed by atoms with Crippen molar-refractivity contribution < 1.29 is 19.1 Å². The minimum Gasteiger partial charge on any atom is -0.491 e. The van der Waals surface area contributed by atoms with Gasteiger partial charge >= 0.3 is 5.97 Å². The molecule has 2 aromatic heterocycles.